The smallest absolute Gasteiger partial charge is 0.243 e. The maximum Gasteiger partial charge on any atom is 0.243 e. The van der Waals surface area contributed by atoms with Crippen LogP contribution in [0.25, 0.3) is 0 Å². The van der Waals surface area contributed by atoms with Gasteiger partial charge in [0.1, 0.15) is 0 Å². The molecule has 4 nitrogen and oxygen atoms in total. The Morgan fingerprint density at radius 1 is 1.04 bits per heavy atom. The molecule has 2 aliphatic rings. The number of piperidine rings is 2. The third-order valence-corrected chi connectivity index (χ3v) is 7.67. The van der Waals surface area contributed by atoms with E-state index in [2.05, 4.69) is 13.8 Å². The molecule has 0 radical (unpaired) electrons. The molecule has 3 atom stereocenters. The Labute approximate surface area is 150 Å². The van der Waals surface area contributed by atoms with Gasteiger partial charge in [-0.2, -0.15) is 4.31 Å². The van der Waals surface area contributed by atoms with Crippen molar-refractivity contribution in [1.29, 1.82) is 0 Å². The van der Waals surface area contributed by atoms with Crippen molar-refractivity contribution >= 4 is 21.6 Å². The van der Waals surface area contributed by atoms with Crippen molar-refractivity contribution in [3.63, 3.8) is 0 Å². The Morgan fingerprint density at radius 3 is 2.12 bits per heavy atom. The van der Waals surface area contributed by atoms with Gasteiger partial charge in [-0.1, -0.05) is 25.4 Å². The summed E-state index contributed by atoms with van der Waals surface area (Å²) < 4.78 is 27.2. The molecule has 1 unspecified atom stereocenters. The first-order valence-electron chi connectivity index (χ1n) is 8.96. The number of benzene rings is 1. The number of likely N-dealkylation sites (tertiary alicyclic amines) is 1. The second kappa shape index (κ2) is 7.32. The molecule has 0 saturated carbocycles. The molecular weight excluding hydrogens is 344 g/mol. The summed E-state index contributed by atoms with van der Waals surface area (Å²) in [6, 6.07) is 7.09. The second-order valence-electron chi connectivity index (χ2n) is 7.64. The van der Waals surface area contributed by atoms with Crippen LogP contribution >= 0.6 is 11.6 Å². The third kappa shape index (κ3) is 3.96. The first kappa shape index (κ1) is 18.2. The Hall–Kier alpha value is -0.620. The van der Waals surface area contributed by atoms with Crippen LogP contribution in [0.5, 0.6) is 0 Å². The molecule has 1 aromatic carbocycles. The van der Waals surface area contributed by atoms with Gasteiger partial charge in [-0.05, 0) is 30.7 Å². The standard InChI is InChI=1S/C18H27ClN2O2S/c1-14-11-15(2)13-20(12-14)17-7-9-21(10-8-17)24(22,23)18-5-3-16(19)4-6-18/h3-6,14-15,17H,7-13H2,1-2H3/p+1/t14-,15+. The monoisotopic (exact) mass is 371 g/mol. The Morgan fingerprint density at radius 2 is 1.58 bits per heavy atom. The average molecular weight is 372 g/mol. The van der Waals surface area contributed by atoms with Gasteiger partial charge >= 0.3 is 0 Å². The van der Waals surface area contributed by atoms with Gasteiger partial charge in [0.05, 0.1) is 24.0 Å². The van der Waals surface area contributed by atoms with Gasteiger partial charge in [0, 0.05) is 42.8 Å². The highest BCUT2D eigenvalue weighted by Gasteiger charge is 2.36. The Kier molecular flexibility index (Phi) is 5.55. The van der Waals surface area contributed by atoms with Gasteiger partial charge in [-0.3, -0.25) is 0 Å². The molecule has 2 aliphatic heterocycles. The van der Waals surface area contributed by atoms with Crippen LogP contribution in [0.4, 0.5) is 0 Å². The lowest BCUT2D eigenvalue weighted by molar-refractivity contribution is -0.938. The summed E-state index contributed by atoms with van der Waals surface area (Å²) in [7, 11) is -3.39. The van der Waals surface area contributed by atoms with Crippen LogP contribution in [0.3, 0.4) is 0 Å². The Balaban J connectivity index is 1.63. The lowest BCUT2D eigenvalue weighted by Crippen LogP contribution is -3.18. The molecule has 0 bridgehead atoms. The van der Waals surface area contributed by atoms with E-state index in [1.165, 1.54) is 19.5 Å². The van der Waals surface area contributed by atoms with Crippen molar-refractivity contribution in [3.05, 3.63) is 29.3 Å². The fourth-order valence-corrected chi connectivity index (χ4v) is 6.02. The molecule has 0 aliphatic carbocycles. The highest BCUT2D eigenvalue weighted by molar-refractivity contribution is 7.89. The highest BCUT2D eigenvalue weighted by Crippen LogP contribution is 2.22. The van der Waals surface area contributed by atoms with Crippen molar-refractivity contribution in [2.45, 2.75) is 44.0 Å². The average Bonchev–Trinajstić information content (AvgIpc) is 2.54. The second-order valence-corrected chi connectivity index (χ2v) is 10.0. The molecule has 0 aromatic heterocycles. The summed E-state index contributed by atoms with van der Waals surface area (Å²) in [6.07, 6.45) is 3.25. The first-order chi connectivity index (χ1) is 11.4. The van der Waals surface area contributed by atoms with E-state index >= 15 is 0 Å². The van der Waals surface area contributed by atoms with Crippen LogP contribution in [-0.2, 0) is 10.0 Å². The molecule has 3 rings (SSSR count). The van der Waals surface area contributed by atoms with E-state index in [0.717, 1.165) is 24.7 Å². The number of rotatable bonds is 3. The van der Waals surface area contributed by atoms with Crippen LogP contribution in [-0.4, -0.2) is 44.9 Å². The number of quaternary nitrogens is 1. The van der Waals surface area contributed by atoms with Crippen molar-refractivity contribution < 1.29 is 13.3 Å². The van der Waals surface area contributed by atoms with Crippen molar-refractivity contribution in [2.75, 3.05) is 26.2 Å². The van der Waals surface area contributed by atoms with E-state index in [1.54, 1.807) is 33.5 Å². The van der Waals surface area contributed by atoms with E-state index in [1.807, 2.05) is 0 Å². The summed E-state index contributed by atoms with van der Waals surface area (Å²) in [6.45, 7) is 8.41. The molecule has 6 heteroatoms. The van der Waals surface area contributed by atoms with Crippen molar-refractivity contribution in [2.24, 2.45) is 11.8 Å². The van der Waals surface area contributed by atoms with Gasteiger partial charge < -0.3 is 4.90 Å². The minimum Gasteiger partial charge on any atom is -0.332 e. The molecule has 1 aromatic rings. The maximum absolute atomic E-state index is 12.8. The maximum atomic E-state index is 12.8. The minimum atomic E-state index is -3.39. The number of halogens is 1. The minimum absolute atomic E-state index is 0.345. The van der Waals surface area contributed by atoms with Crippen molar-refractivity contribution in [1.82, 2.24) is 4.31 Å². The number of nitrogens with zero attached hydrogens (tertiary/aromatic N) is 1. The lowest BCUT2D eigenvalue weighted by Gasteiger charge is -2.40. The number of sulfonamides is 1. The summed E-state index contributed by atoms with van der Waals surface area (Å²) in [5.41, 5.74) is 0. The normalized spacial score (nSPS) is 30.4. The summed E-state index contributed by atoms with van der Waals surface area (Å²) in [5.74, 6) is 1.55. The number of nitrogens with one attached hydrogen (secondary N) is 1. The van der Waals surface area contributed by atoms with Gasteiger partial charge in [-0.15, -0.1) is 0 Å². The predicted molar refractivity (Wildman–Crippen MR) is 96.9 cm³/mol. The largest absolute Gasteiger partial charge is 0.332 e. The van der Waals surface area contributed by atoms with Gasteiger partial charge in [0.25, 0.3) is 0 Å². The fourth-order valence-electron chi connectivity index (χ4n) is 4.43. The zero-order valence-electron chi connectivity index (χ0n) is 14.5. The van der Waals surface area contributed by atoms with Crippen LogP contribution in [0.2, 0.25) is 5.02 Å². The topological polar surface area (TPSA) is 41.8 Å². The molecule has 1 N–H and O–H groups in total. The fraction of sp³-hybridized carbons (Fsp3) is 0.667. The molecule has 2 fully saturated rings. The summed E-state index contributed by atoms with van der Waals surface area (Å²) in [4.78, 5) is 2.03. The van der Waals surface area contributed by atoms with Crippen LogP contribution in [0.15, 0.2) is 29.2 Å². The zero-order chi connectivity index (χ0) is 17.3. The van der Waals surface area contributed by atoms with E-state index in [4.69, 9.17) is 11.6 Å². The molecule has 0 amide bonds. The lowest BCUT2D eigenvalue weighted by atomic mass is 9.89. The van der Waals surface area contributed by atoms with Crippen LogP contribution in [0.1, 0.15) is 33.1 Å². The van der Waals surface area contributed by atoms with Crippen molar-refractivity contribution in [3.8, 4) is 0 Å². The molecule has 0 spiro atoms. The Bertz CT molecular complexity index is 644. The summed E-state index contributed by atoms with van der Waals surface area (Å²) >= 11 is 5.86. The van der Waals surface area contributed by atoms with E-state index in [0.29, 0.717) is 29.0 Å². The molecule has 134 valence electrons. The molecule has 2 saturated heterocycles. The first-order valence-corrected chi connectivity index (χ1v) is 10.8. The SMILES string of the molecule is C[C@@H]1C[C@H](C)C[NH+](C2CCN(S(=O)(=O)c3ccc(Cl)cc3)CC2)C1. The number of hydrogen-bond acceptors (Lipinski definition) is 2. The molecule has 24 heavy (non-hydrogen) atoms. The van der Waals surface area contributed by atoms with Gasteiger partial charge in [0.2, 0.25) is 10.0 Å². The summed E-state index contributed by atoms with van der Waals surface area (Å²) in [5, 5.41) is 0.560. The van der Waals surface area contributed by atoms with E-state index in [9.17, 15) is 8.42 Å². The predicted octanol–water partition coefficient (Wildman–Crippen LogP) is 2.05. The van der Waals surface area contributed by atoms with E-state index in [-0.39, 0.29) is 0 Å². The van der Waals surface area contributed by atoms with Crippen LogP contribution in [0, 0.1) is 11.8 Å². The zero-order valence-corrected chi connectivity index (χ0v) is 16.1. The quantitative estimate of drug-likeness (QED) is 0.883. The molecule has 2 heterocycles. The third-order valence-electron chi connectivity index (χ3n) is 5.51. The van der Waals surface area contributed by atoms with E-state index < -0.39 is 10.0 Å². The highest BCUT2D eigenvalue weighted by atomic mass is 35.5. The van der Waals surface area contributed by atoms with Gasteiger partial charge in [-0.25, -0.2) is 8.42 Å². The molecular formula is C18H28ClN2O2S+. The van der Waals surface area contributed by atoms with Gasteiger partial charge in [0.15, 0.2) is 0 Å². The number of hydrogen-bond donors (Lipinski definition) is 1. The van der Waals surface area contributed by atoms with Crippen LogP contribution < -0.4 is 4.90 Å².